The highest BCUT2D eigenvalue weighted by Gasteiger charge is 2.28. The molecule has 2 nitrogen and oxygen atoms in total. The molecule has 1 aliphatic carbocycles. The van der Waals surface area contributed by atoms with Gasteiger partial charge in [-0.15, -0.1) is 0 Å². The van der Waals surface area contributed by atoms with Gasteiger partial charge in [-0.25, -0.2) is 0 Å². The lowest BCUT2D eigenvalue weighted by Gasteiger charge is -2.30. The van der Waals surface area contributed by atoms with E-state index < -0.39 is 0 Å². The second-order valence-electron chi connectivity index (χ2n) is 6.57. The van der Waals surface area contributed by atoms with E-state index in [-0.39, 0.29) is 5.41 Å². The van der Waals surface area contributed by atoms with Crippen molar-refractivity contribution in [2.45, 2.75) is 45.4 Å². The third kappa shape index (κ3) is 2.09. The van der Waals surface area contributed by atoms with Crippen LogP contribution in [0.25, 0.3) is 6.08 Å². The van der Waals surface area contributed by atoms with E-state index >= 15 is 0 Å². The Morgan fingerprint density at radius 1 is 1.20 bits per heavy atom. The van der Waals surface area contributed by atoms with E-state index in [1.807, 2.05) is 0 Å². The van der Waals surface area contributed by atoms with Gasteiger partial charge in [0.2, 0.25) is 0 Å². The van der Waals surface area contributed by atoms with Gasteiger partial charge in [0.15, 0.2) is 0 Å². The summed E-state index contributed by atoms with van der Waals surface area (Å²) in [5.41, 5.74) is 4.30. The number of carbonyl (C=O) groups excluding carboxylic acids is 1. The highest BCUT2D eigenvalue weighted by molar-refractivity contribution is 5.80. The number of hydrogen-bond donors (Lipinski definition) is 0. The van der Waals surface area contributed by atoms with Gasteiger partial charge in [0.05, 0.1) is 0 Å². The van der Waals surface area contributed by atoms with Crippen molar-refractivity contribution in [3.05, 3.63) is 46.2 Å². The Morgan fingerprint density at radius 2 is 2.00 bits per heavy atom. The Kier molecular flexibility index (Phi) is 3.04. The van der Waals surface area contributed by atoms with Crippen molar-refractivity contribution in [3.8, 4) is 5.75 Å². The monoisotopic (exact) mass is 268 g/mol. The molecular weight excluding hydrogens is 248 g/mol. The smallest absolute Gasteiger partial charge is 0.149 e. The number of carbonyl (C=O) groups is 1. The maximum atomic E-state index is 11.2. The van der Waals surface area contributed by atoms with E-state index in [0.29, 0.717) is 0 Å². The molecule has 0 fully saturated rings. The van der Waals surface area contributed by atoms with Crippen LogP contribution < -0.4 is 4.74 Å². The van der Waals surface area contributed by atoms with E-state index in [1.54, 1.807) is 0 Å². The van der Waals surface area contributed by atoms with Crippen molar-refractivity contribution in [3.63, 3.8) is 0 Å². The fraction of sp³-hybridized carbons (Fsp3) is 0.389. The minimum Gasteiger partial charge on any atom is -0.456 e. The zero-order valence-corrected chi connectivity index (χ0v) is 12.3. The number of allylic oxidation sites excluding steroid dienone is 2. The van der Waals surface area contributed by atoms with Gasteiger partial charge < -0.3 is 4.74 Å². The molecule has 0 aromatic heterocycles. The van der Waals surface area contributed by atoms with Crippen LogP contribution in [0.5, 0.6) is 5.75 Å². The molecule has 0 atom stereocenters. The molecule has 3 rings (SSSR count). The van der Waals surface area contributed by atoms with Crippen LogP contribution in [-0.2, 0) is 10.2 Å². The lowest BCUT2D eigenvalue weighted by molar-refractivity contribution is -0.105. The normalized spacial score (nSPS) is 17.9. The van der Waals surface area contributed by atoms with Crippen molar-refractivity contribution in [2.24, 2.45) is 0 Å². The molecule has 1 aromatic carbocycles. The van der Waals surface area contributed by atoms with Crippen LogP contribution in [0, 0.1) is 0 Å². The molecule has 1 aromatic rings. The van der Waals surface area contributed by atoms with Crippen LogP contribution in [0.3, 0.4) is 0 Å². The summed E-state index contributed by atoms with van der Waals surface area (Å²) in [5.74, 6) is 1.72. The van der Waals surface area contributed by atoms with Gasteiger partial charge in [-0.3, -0.25) is 4.79 Å². The molecule has 0 bridgehead atoms. The highest BCUT2D eigenvalue weighted by Crippen LogP contribution is 2.43. The van der Waals surface area contributed by atoms with E-state index in [0.717, 1.165) is 53.8 Å². The molecule has 2 heteroatoms. The van der Waals surface area contributed by atoms with Gasteiger partial charge in [-0.05, 0) is 36.3 Å². The molecule has 0 spiro atoms. The fourth-order valence-electron chi connectivity index (χ4n) is 2.95. The topological polar surface area (TPSA) is 26.3 Å². The first-order valence-electron chi connectivity index (χ1n) is 7.21. The Hall–Kier alpha value is -1.83. The number of fused-ring (bicyclic) bond motifs is 2. The fourth-order valence-corrected chi connectivity index (χ4v) is 2.95. The number of aldehydes is 1. The average Bonchev–Trinajstić information content (AvgIpc) is 2.42. The second-order valence-corrected chi connectivity index (χ2v) is 6.57. The predicted molar refractivity (Wildman–Crippen MR) is 80.7 cm³/mol. The van der Waals surface area contributed by atoms with Crippen molar-refractivity contribution in [1.82, 2.24) is 0 Å². The molecule has 0 amide bonds. The van der Waals surface area contributed by atoms with Gasteiger partial charge in [-0.1, -0.05) is 39.0 Å². The van der Waals surface area contributed by atoms with E-state index in [4.69, 9.17) is 4.74 Å². The zero-order chi connectivity index (χ0) is 14.3. The van der Waals surface area contributed by atoms with Crippen LogP contribution in [-0.4, -0.2) is 6.29 Å². The van der Waals surface area contributed by atoms with Gasteiger partial charge in [0.25, 0.3) is 0 Å². The minimum atomic E-state index is 0.0211. The van der Waals surface area contributed by atoms with Crippen LogP contribution in [0.1, 0.15) is 51.2 Å². The Bertz CT molecular complexity index is 627. The zero-order valence-electron chi connectivity index (χ0n) is 12.3. The highest BCUT2D eigenvalue weighted by atomic mass is 16.5. The molecule has 1 aliphatic heterocycles. The number of benzene rings is 1. The summed E-state index contributed by atoms with van der Waals surface area (Å²) in [7, 11) is 0. The number of rotatable bonds is 1. The van der Waals surface area contributed by atoms with Crippen LogP contribution in [0.2, 0.25) is 0 Å². The van der Waals surface area contributed by atoms with Gasteiger partial charge in [0, 0.05) is 16.7 Å². The molecule has 20 heavy (non-hydrogen) atoms. The molecule has 0 N–H and O–H groups in total. The minimum absolute atomic E-state index is 0.0211. The van der Waals surface area contributed by atoms with Gasteiger partial charge in [0.1, 0.15) is 17.8 Å². The van der Waals surface area contributed by atoms with Gasteiger partial charge in [-0.2, -0.15) is 0 Å². The summed E-state index contributed by atoms with van der Waals surface area (Å²) >= 11 is 0. The summed E-state index contributed by atoms with van der Waals surface area (Å²) in [5, 5.41) is 0. The standard InChI is InChI=1S/C18H20O2/c1-18(2,3)15-9-5-7-13-10-12-6-4-8-14(11-19)16(12)20-17(13)15/h5,7,9-11H,4,6,8H2,1-3H3. The lowest BCUT2D eigenvalue weighted by Crippen LogP contribution is -2.18. The molecule has 0 unspecified atom stereocenters. The molecule has 1 heterocycles. The summed E-state index contributed by atoms with van der Waals surface area (Å²) in [6, 6.07) is 6.28. The quantitative estimate of drug-likeness (QED) is 0.706. The molecule has 0 radical (unpaired) electrons. The maximum Gasteiger partial charge on any atom is 0.149 e. The molecule has 104 valence electrons. The number of hydrogen-bond acceptors (Lipinski definition) is 2. The predicted octanol–water partition coefficient (Wildman–Crippen LogP) is 4.40. The Balaban J connectivity index is 2.19. The van der Waals surface area contributed by atoms with Crippen molar-refractivity contribution in [2.75, 3.05) is 0 Å². The summed E-state index contributed by atoms with van der Waals surface area (Å²) in [4.78, 5) is 11.2. The number of ether oxygens (including phenoxy) is 1. The summed E-state index contributed by atoms with van der Waals surface area (Å²) < 4.78 is 6.18. The Labute approximate surface area is 120 Å². The maximum absolute atomic E-state index is 11.2. The first-order chi connectivity index (χ1) is 9.50. The number of para-hydroxylation sites is 1. The average molecular weight is 268 g/mol. The van der Waals surface area contributed by atoms with Gasteiger partial charge >= 0.3 is 0 Å². The summed E-state index contributed by atoms with van der Waals surface area (Å²) in [6.07, 6.45) is 5.98. The SMILES string of the molecule is CC(C)(C)c1cccc2c1OC1=C(C=O)CCCC1=C2. The largest absolute Gasteiger partial charge is 0.456 e. The van der Waals surface area contributed by atoms with Crippen molar-refractivity contribution < 1.29 is 9.53 Å². The van der Waals surface area contributed by atoms with Crippen molar-refractivity contribution >= 4 is 12.4 Å². The van der Waals surface area contributed by atoms with E-state index in [1.165, 1.54) is 5.56 Å². The third-order valence-electron chi connectivity index (χ3n) is 4.01. The first-order valence-corrected chi connectivity index (χ1v) is 7.21. The Morgan fingerprint density at radius 3 is 2.70 bits per heavy atom. The first kappa shape index (κ1) is 13.2. The molecular formula is C18H20O2. The van der Waals surface area contributed by atoms with E-state index in [9.17, 15) is 4.79 Å². The van der Waals surface area contributed by atoms with Crippen LogP contribution >= 0.6 is 0 Å². The van der Waals surface area contributed by atoms with Crippen LogP contribution in [0.15, 0.2) is 35.1 Å². The summed E-state index contributed by atoms with van der Waals surface area (Å²) in [6.45, 7) is 6.54. The third-order valence-corrected chi connectivity index (χ3v) is 4.01. The molecule has 0 saturated heterocycles. The van der Waals surface area contributed by atoms with E-state index in [2.05, 4.69) is 45.0 Å². The molecule has 0 saturated carbocycles. The second kappa shape index (κ2) is 4.62. The molecule has 2 aliphatic rings. The van der Waals surface area contributed by atoms with Crippen LogP contribution in [0.4, 0.5) is 0 Å². The van der Waals surface area contributed by atoms with Crippen molar-refractivity contribution in [1.29, 1.82) is 0 Å². The lowest BCUT2D eigenvalue weighted by atomic mass is 9.83.